The molecular formula is C22H18N4O4S. The number of Topliss-reactive ketones (excluding diaryl/α,β-unsaturated/α-hetero) is 1. The van der Waals surface area contributed by atoms with Crippen LogP contribution in [0.25, 0.3) is 0 Å². The number of hydrogen-bond acceptors (Lipinski definition) is 6. The minimum atomic E-state index is -3.95. The van der Waals surface area contributed by atoms with Gasteiger partial charge in [-0.15, -0.1) is 0 Å². The van der Waals surface area contributed by atoms with Crippen molar-refractivity contribution in [3.8, 4) is 6.07 Å². The molecule has 0 saturated heterocycles. The molecule has 0 unspecified atom stereocenters. The lowest BCUT2D eigenvalue weighted by Crippen LogP contribution is -2.27. The van der Waals surface area contributed by atoms with E-state index in [-0.39, 0.29) is 22.1 Å². The van der Waals surface area contributed by atoms with Gasteiger partial charge in [0.05, 0.1) is 16.1 Å². The van der Waals surface area contributed by atoms with Gasteiger partial charge >= 0.3 is 0 Å². The molecule has 8 nitrogen and oxygen atoms in total. The number of aromatic nitrogens is 1. The zero-order chi connectivity index (χ0) is 22.6. The number of rotatable bonds is 6. The molecule has 156 valence electrons. The van der Waals surface area contributed by atoms with E-state index in [0.717, 1.165) is 4.31 Å². The summed E-state index contributed by atoms with van der Waals surface area (Å²) in [5, 5.41) is 11.4. The Morgan fingerprint density at radius 3 is 2.32 bits per heavy atom. The number of anilines is 2. The molecule has 0 bridgehead atoms. The summed E-state index contributed by atoms with van der Waals surface area (Å²) in [7, 11) is -2.55. The first-order valence-corrected chi connectivity index (χ1v) is 10.5. The minimum absolute atomic E-state index is 0.0638. The highest BCUT2D eigenvalue weighted by molar-refractivity contribution is 7.92. The van der Waals surface area contributed by atoms with Crippen molar-refractivity contribution in [1.29, 1.82) is 5.26 Å². The van der Waals surface area contributed by atoms with Gasteiger partial charge in [0, 0.05) is 24.4 Å². The van der Waals surface area contributed by atoms with E-state index in [2.05, 4.69) is 10.3 Å². The molecule has 1 amide bonds. The number of nitrogens with one attached hydrogen (secondary N) is 1. The summed E-state index contributed by atoms with van der Waals surface area (Å²) in [6, 6.07) is 16.7. The molecule has 0 atom stereocenters. The molecule has 2 aromatic carbocycles. The Hall–Kier alpha value is -4.03. The Labute approximate surface area is 179 Å². The van der Waals surface area contributed by atoms with E-state index in [1.807, 2.05) is 6.07 Å². The molecular weight excluding hydrogens is 416 g/mol. The molecule has 0 saturated carbocycles. The molecule has 9 heteroatoms. The van der Waals surface area contributed by atoms with Gasteiger partial charge in [0.2, 0.25) is 0 Å². The normalized spacial score (nSPS) is 10.7. The second-order valence-corrected chi connectivity index (χ2v) is 8.57. The average Bonchev–Trinajstić information content (AvgIpc) is 2.79. The second-order valence-electron chi connectivity index (χ2n) is 6.60. The van der Waals surface area contributed by atoms with Crippen LogP contribution < -0.4 is 9.62 Å². The third kappa shape index (κ3) is 4.76. The van der Waals surface area contributed by atoms with Crippen molar-refractivity contribution >= 4 is 33.2 Å². The van der Waals surface area contributed by atoms with Gasteiger partial charge in [-0.2, -0.15) is 5.26 Å². The number of pyridine rings is 1. The van der Waals surface area contributed by atoms with Gasteiger partial charge in [-0.25, -0.2) is 13.4 Å². The fraction of sp³-hybridized carbons (Fsp3) is 0.0909. The number of nitriles is 1. The summed E-state index contributed by atoms with van der Waals surface area (Å²) >= 11 is 0. The van der Waals surface area contributed by atoms with E-state index in [1.165, 1.54) is 56.6 Å². The number of ketones is 1. The van der Waals surface area contributed by atoms with Crippen LogP contribution in [0.3, 0.4) is 0 Å². The molecule has 0 aliphatic heterocycles. The van der Waals surface area contributed by atoms with Crippen molar-refractivity contribution < 1.29 is 18.0 Å². The van der Waals surface area contributed by atoms with Crippen molar-refractivity contribution in [3.05, 3.63) is 83.6 Å². The summed E-state index contributed by atoms with van der Waals surface area (Å²) in [5.74, 6) is -0.421. The third-order valence-corrected chi connectivity index (χ3v) is 6.31. The lowest BCUT2D eigenvalue weighted by molar-refractivity contribution is 0.101. The molecule has 0 radical (unpaired) electrons. The zero-order valence-electron chi connectivity index (χ0n) is 16.7. The van der Waals surface area contributed by atoms with E-state index in [4.69, 9.17) is 5.26 Å². The Balaban J connectivity index is 1.83. The van der Waals surface area contributed by atoms with E-state index in [1.54, 1.807) is 24.3 Å². The number of nitrogens with zero attached hydrogens (tertiary/aromatic N) is 3. The first-order chi connectivity index (χ1) is 14.7. The molecule has 3 aromatic rings. The molecule has 1 aromatic heterocycles. The van der Waals surface area contributed by atoms with Gasteiger partial charge in [-0.05, 0) is 61.5 Å². The first kappa shape index (κ1) is 21.7. The van der Waals surface area contributed by atoms with Crippen molar-refractivity contribution in [2.24, 2.45) is 0 Å². The highest BCUT2D eigenvalue weighted by Gasteiger charge is 2.22. The largest absolute Gasteiger partial charge is 0.307 e. The van der Waals surface area contributed by atoms with Crippen LogP contribution in [0.5, 0.6) is 0 Å². The second kappa shape index (κ2) is 8.77. The maximum atomic E-state index is 13.0. The minimum Gasteiger partial charge on any atom is -0.307 e. The number of sulfonamides is 1. The van der Waals surface area contributed by atoms with Gasteiger partial charge in [0.1, 0.15) is 11.9 Å². The quantitative estimate of drug-likeness (QED) is 0.595. The molecule has 0 fully saturated rings. The lowest BCUT2D eigenvalue weighted by atomic mass is 10.1. The number of benzene rings is 2. The average molecular weight is 434 g/mol. The Bertz CT molecular complexity index is 1280. The van der Waals surface area contributed by atoms with E-state index in [0.29, 0.717) is 16.8 Å². The number of carbonyl (C=O) groups is 2. The van der Waals surface area contributed by atoms with Crippen LogP contribution in [0, 0.1) is 11.3 Å². The van der Waals surface area contributed by atoms with Gasteiger partial charge in [0.25, 0.3) is 15.9 Å². The van der Waals surface area contributed by atoms with Crippen LogP contribution in [-0.4, -0.2) is 32.1 Å². The number of hydrogen-bond donors (Lipinski definition) is 1. The van der Waals surface area contributed by atoms with E-state index >= 15 is 0 Å². The lowest BCUT2D eigenvalue weighted by Gasteiger charge is -2.20. The molecule has 1 N–H and O–H groups in total. The smallest absolute Gasteiger partial charge is 0.264 e. The number of amides is 1. The molecule has 31 heavy (non-hydrogen) atoms. The molecule has 1 heterocycles. The summed E-state index contributed by atoms with van der Waals surface area (Å²) in [6.07, 6.45) is 1.32. The molecule has 0 aliphatic rings. The first-order valence-electron chi connectivity index (χ1n) is 9.10. The van der Waals surface area contributed by atoms with E-state index < -0.39 is 15.9 Å². The van der Waals surface area contributed by atoms with Gasteiger partial charge in [0.15, 0.2) is 5.78 Å². The maximum absolute atomic E-state index is 13.0. The molecule has 0 spiro atoms. The zero-order valence-corrected chi connectivity index (χ0v) is 17.6. The standard InChI is InChI=1S/C22H18N4O4S/c1-15(27)17-7-9-19(10-8-17)26(2)31(29,30)20-5-3-4-18(12-20)22(28)25-21-11-6-16(13-23)14-24-21/h3-12,14H,1-2H3,(H,24,25,28). The predicted molar refractivity (Wildman–Crippen MR) is 115 cm³/mol. The van der Waals surface area contributed by atoms with Crippen LogP contribution in [0.2, 0.25) is 0 Å². The Morgan fingerprint density at radius 1 is 1.03 bits per heavy atom. The van der Waals surface area contributed by atoms with Gasteiger partial charge < -0.3 is 5.32 Å². The highest BCUT2D eigenvalue weighted by atomic mass is 32.2. The summed E-state index contributed by atoms with van der Waals surface area (Å²) in [5.41, 5.74) is 1.34. The van der Waals surface area contributed by atoms with Crippen LogP contribution in [0.1, 0.15) is 33.2 Å². The fourth-order valence-corrected chi connectivity index (χ4v) is 3.97. The van der Waals surface area contributed by atoms with Crippen molar-refractivity contribution in [1.82, 2.24) is 4.98 Å². The predicted octanol–water partition coefficient (Wildman–Crippen LogP) is 3.23. The monoisotopic (exact) mass is 434 g/mol. The van der Waals surface area contributed by atoms with Crippen LogP contribution in [0.4, 0.5) is 11.5 Å². The van der Waals surface area contributed by atoms with Gasteiger partial charge in [-0.3, -0.25) is 13.9 Å². The van der Waals surface area contributed by atoms with Gasteiger partial charge in [-0.1, -0.05) is 6.07 Å². The Morgan fingerprint density at radius 2 is 1.74 bits per heavy atom. The van der Waals surface area contributed by atoms with Crippen LogP contribution >= 0.6 is 0 Å². The molecule has 3 rings (SSSR count). The van der Waals surface area contributed by atoms with Crippen molar-refractivity contribution in [2.45, 2.75) is 11.8 Å². The third-order valence-electron chi connectivity index (χ3n) is 4.53. The van der Waals surface area contributed by atoms with Crippen LogP contribution in [0.15, 0.2) is 71.8 Å². The number of carbonyl (C=O) groups excluding carboxylic acids is 2. The van der Waals surface area contributed by atoms with Crippen molar-refractivity contribution in [2.75, 3.05) is 16.7 Å². The summed E-state index contributed by atoms with van der Waals surface area (Å²) < 4.78 is 27.2. The van der Waals surface area contributed by atoms with E-state index in [9.17, 15) is 18.0 Å². The molecule has 0 aliphatic carbocycles. The SMILES string of the molecule is CC(=O)c1ccc(N(C)S(=O)(=O)c2cccc(C(=O)Nc3ccc(C#N)cn3)c2)cc1. The maximum Gasteiger partial charge on any atom is 0.264 e. The summed E-state index contributed by atoms with van der Waals surface area (Å²) in [4.78, 5) is 27.9. The highest BCUT2D eigenvalue weighted by Crippen LogP contribution is 2.23. The van der Waals surface area contributed by atoms with Crippen LogP contribution in [-0.2, 0) is 10.0 Å². The summed E-state index contributed by atoms with van der Waals surface area (Å²) in [6.45, 7) is 1.43. The van der Waals surface area contributed by atoms with Crippen molar-refractivity contribution in [3.63, 3.8) is 0 Å². The Kier molecular flexibility index (Phi) is 6.13. The topological polar surface area (TPSA) is 120 Å². The fourth-order valence-electron chi connectivity index (χ4n) is 2.72.